The fourth-order valence-electron chi connectivity index (χ4n) is 14.9. The van der Waals surface area contributed by atoms with E-state index >= 15 is 4.39 Å². The summed E-state index contributed by atoms with van der Waals surface area (Å²) in [6, 6.07) is 7.84. The van der Waals surface area contributed by atoms with Gasteiger partial charge in [0.05, 0.1) is 40.9 Å². The largest absolute Gasteiger partial charge is 0.508 e. The molecule has 0 saturated carbocycles. The topological polar surface area (TPSA) is 193 Å². The van der Waals surface area contributed by atoms with E-state index in [2.05, 4.69) is 32.0 Å². The lowest BCUT2D eigenvalue weighted by molar-refractivity contribution is -0.134. The lowest BCUT2D eigenvalue weighted by Crippen LogP contribution is -2.48. The van der Waals surface area contributed by atoms with Crippen molar-refractivity contribution in [3.8, 4) is 23.0 Å². The SMILES string of the molecule is C[C@@H]1CCCc2cc(O)cc(-c3nc4c5c(nc(OC[C@@]67CCCN6[C@H](COC(=O)N6CCC(CC8CCN(c9ccc%10c(C%11CCC(=O)NC%11=O)nn(C)c%10n9)CC8)CC6)CC7)nc5c3F)N3CCCOC[C@@H]3CC4)c21. The number of ether oxygens (including phenoxy) is 3. The van der Waals surface area contributed by atoms with E-state index in [1.54, 1.807) is 10.7 Å². The van der Waals surface area contributed by atoms with Crippen molar-refractivity contribution in [2.75, 3.05) is 75.5 Å². The molecule has 5 aromatic rings. The molecule has 6 fully saturated rings. The fraction of sp³-hybridized carbons (Fsp3) is 0.621. The van der Waals surface area contributed by atoms with Gasteiger partial charge in [-0.2, -0.15) is 15.1 Å². The Morgan fingerprint density at radius 3 is 2.56 bits per heavy atom. The highest BCUT2D eigenvalue weighted by atomic mass is 19.1. The normalized spacial score (nSPS) is 26.4. The average molecular weight is 1050 g/mol. The van der Waals surface area contributed by atoms with Crippen molar-refractivity contribution in [2.24, 2.45) is 18.9 Å². The van der Waals surface area contributed by atoms with Gasteiger partial charge in [-0.15, -0.1) is 0 Å². The summed E-state index contributed by atoms with van der Waals surface area (Å²) in [5.74, 6) is 1.59. The average Bonchev–Trinajstić information content (AvgIpc) is 4.11. The molecule has 0 spiro atoms. The van der Waals surface area contributed by atoms with Gasteiger partial charge in [0.15, 0.2) is 11.5 Å². The van der Waals surface area contributed by atoms with E-state index < -0.39 is 11.7 Å². The Kier molecular flexibility index (Phi) is 13.4. The summed E-state index contributed by atoms with van der Waals surface area (Å²) in [5, 5.41) is 19.5. The van der Waals surface area contributed by atoms with Gasteiger partial charge in [0.25, 0.3) is 0 Å². The number of rotatable bonds is 10. The number of pyridine rings is 2. The Balaban J connectivity index is 0.627. The van der Waals surface area contributed by atoms with Crippen molar-refractivity contribution in [1.82, 2.24) is 44.8 Å². The highest BCUT2D eigenvalue weighted by Gasteiger charge is 2.50. The lowest BCUT2D eigenvalue weighted by Gasteiger charge is -2.37. The van der Waals surface area contributed by atoms with E-state index in [0.29, 0.717) is 93.1 Å². The van der Waals surface area contributed by atoms with Gasteiger partial charge >= 0.3 is 12.1 Å². The third kappa shape index (κ3) is 9.39. The number of carbonyl (C=O) groups excluding carboxylic acids is 3. The molecular weight excluding hydrogens is 982 g/mol. The highest BCUT2D eigenvalue weighted by molar-refractivity contribution is 6.02. The van der Waals surface area contributed by atoms with E-state index in [1.807, 2.05) is 30.1 Å². The number of carbonyl (C=O) groups is 3. The van der Waals surface area contributed by atoms with Crippen LogP contribution in [0.2, 0.25) is 0 Å². The Morgan fingerprint density at radius 2 is 1.73 bits per heavy atom. The zero-order valence-corrected chi connectivity index (χ0v) is 44.6. The lowest BCUT2D eigenvalue weighted by atomic mass is 9.80. The summed E-state index contributed by atoms with van der Waals surface area (Å²) in [7, 11) is 1.86. The second kappa shape index (κ2) is 20.5. The van der Waals surface area contributed by atoms with Crippen LogP contribution in [0.25, 0.3) is 33.2 Å². The number of phenolic OH excluding ortho intramolecular Hbond substituents is 1. The third-order valence-corrected chi connectivity index (χ3v) is 19.0. The molecule has 8 aliphatic rings. The first-order chi connectivity index (χ1) is 37.5. The Labute approximate surface area is 448 Å². The first-order valence-electron chi connectivity index (χ1n) is 28.8. The van der Waals surface area contributed by atoms with Crippen molar-refractivity contribution in [3.63, 3.8) is 0 Å². The molecule has 0 bridgehead atoms. The van der Waals surface area contributed by atoms with Gasteiger partial charge in [0.1, 0.15) is 41.8 Å². The number of nitrogens with one attached hydrogen (secondary N) is 1. The van der Waals surface area contributed by atoms with Crippen LogP contribution in [-0.4, -0.2) is 146 Å². The van der Waals surface area contributed by atoms with Gasteiger partial charge in [-0.1, -0.05) is 6.92 Å². The molecule has 18 nitrogen and oxygen atoms in total. The maximum Gasteiger partial charge on any atom is 0.409 e. The number of aromatic hydroxyl groups is 1. The molecule has 19 heteroatoms. The minimum absolute atomic E-state index is 0.0500. The second-order valence-electron chi connectivity index (χ2n) is 23.7. The minimum atomic E-state index is -0.516. The summed E-state index contributed by atoms with van der Waals surface area (Å²) < 4.78 is 38.1. The van der Waals surface area contributed by atoms with E-state index in [1.165, 1.54) is 0 Å². The molecule has 1 aromatic carbocycles. The van der Waals surface area contributed by atoms with Crippen LogP contribution in [0, 0.1) is 17.7 Å². The first kappa shape index (κ1) is 50.3. The number of nitrogens with zero attached hydrogens (tertiary/aromatic N) is 10. The van der Waals surface area contributed by atoms with Gasteiger partial charge in [-0.25, -0.2) is 19.2 Å². The molecule has 408 valence electrons. The van der Waals surface area contributed by atoms with Crippen molar-refractivity contribution in [1.29, 1.82) is 0 Å². The van der Waals surface area contributed by atoms with Crippen LogP contribution < -0.4 is 19.9 Å². The number of imide groups is 1. The van der Waals surface area contributed by atoms with Gasteiger partial charge in [0, 0.05) is 69.8 Å². The molecule has 77 heavy (non-hydrogen) atoms. The van der Waals surface area contributed by atoms with E-state index in [9.17, 15) is 19.5 Å². The molecule has 1 aliphatic carbocycles. The van der Waals surface area contributed by atoms with Crippen molar-refractivity contribution >= 4 is 51.5 Å². The number of fused-ring (bicyclic) bond motifs is 5. The summed E-state index contributed by atoms with van der Waals surface area (Å²) >= 11 is 0. The molecule has 5 atom stereocenters. The maximum atomic E-state index is 17.5. The molecule has 1 unspecified atom stereocenters. The van der Waals surface area contributed by atoms with Gasteiger partial charge in [0.2, 0.25) is 11.8 Å². The van der Waals surface area contributed by atoms with Crippen molar-refractivity contribution in [2.45, 2.75) is 146 Å². The summed E-state index contributed by atoms with van der Waals surface area (Å²) in [6.07, 6.45) is 14.6. The smallest absolute Gasteiger partial charge is 0.409 e. The predicted molar refractivity (Wildman–Crippen MR) is 287 cm³/mol. The fourth-order valence-corrected chi connectivity index (χ4v) is 14.9. The van der Waals surface area contributed by atoms with E-state index in [-0.39, 0.29) is 64.4 Å². The molecule has 3 amide bonds. The molecule has 13 rings (SSSR count). The van der Waals surface area contributed by atoms with E-state index in [0.717, 1.165) is 150 Å². The number of piperidine rings is 3. The minimum Gasteiger partial charge on any atom is -0.508 e. The van der Waals surface area contributed by atoms with Crippen molar-refractivity contribution in [3.05, 3.63) is 52.6 Å². The Hall–Kier alpha value is -6.21. The number of hydrogen-bond donors (Lipinski definition) is 2. The predicted octanol–water partition coefficient (Wildman–Crippen LogP) is 7.85. The number of hydrogen-bond acceptors (Lipinski definition) is 15. The number of phenols is 1. The number of anilines is 2. The number of aryl methyl sites for hydroxylation is 3. The molecular formula is C58H72FN11O7. The van der Waals surface area contributed by atoms with Crippen LogP contribution in [0.3, 0.4) is 0 Å². The van der Waals surface area contributed by atoms with Gasteiger partial charge in [-0.3, -0.25) is 24.5 Å². The van der Waals surface area contributed by atoms with Crippen LogP contribution in [0.1, 0.15) is 138 Å². The third-order valence-electron chi connectivity index (χ3n) is 19.0. The summed E-state index contributed by atoms with van der Waals surface area (Å²) in [4.78, 5) is 67.2. The number of likely N-dealkylation sites (tertiary alicyclic amines) is 1. The zero-order chi connectivity index (χ0) is 52.5. The number of benzene rings is 1. The molecule has 0 radical (unpaired) electrons. The maximum absolute atomic E-state index is 17.5. The molecule has 4 aromatic heterocycles. The van der Waals surface area contributed by atoms with Crippen LogP contribution >= 0.6 is 0 Å². The van der Waals surface area contributed by atoms with Gasteiger partial charge < -0.3 is 34.0 Å². The molecule has 6 saturated heterocycles. The molecule has 2 N–H and O–H groups in total. The summed E-state index contributed by atoms with van der Waals surface area (Å²) in [6.45, 7) is 8.94. The number of amides is 3. The quantitative estimate of drug-likeness (QED) is 0.128. The summed E-state index contributed by atoms with van der Waals surface area (Å²) in [5.41, 5.74) is 5.10. The van der Waals surface area contributed by atoms with Crippen LogP contribution in [0.15, 0.2) is 24.3 Å². The highest BCUT2D eigenvalue weighted by Crippen LogP contribution is 2.46. The monoisotopic (exact) mass is 1050 g/mol. The van der Waals surface area contributed by atoms with Crippen LogP contribution in [-0.2, 0) is 39.0 Å². The van der Waals surface area contributed by atoms with Gasteiger partial charge in [-0.05, 0) is 162 Å². The standard InChI is InChI=1S/C58H72FN11O7/c1-34-6-3-7-37-29-40(71)30-43(47(34)37)51-49(59)52-48-44(60-51)11-8-38-31-75-27-5-21-69(38)54(48)64-56(63-52)77-33-58-19-4-22-70(58)39(14-20-58)32-76-57(74)68-25-17-36(18-26-68)28-35-15-23-67(24-16-35)45-12-9-41-50(65-66(2)53(41)61-45)42-10-13-46(72)62-55(42)73/h9,12,29-30,34-36,38-39,42,71H,3-8,10-11,13-28,31-33H2,1-2H3,(H,62,72,73)/t34-,38+,39+,42?,58+/m1/s1. The Morgan fingerprint density at radius 1 is 0.896 bits per heavy atom. The Bertz CT molecular complexity index is 3120. The van der Waals surface area contributed by atoms with E-state index in [4.69, 9.17) is 34.1 Å². The molecule has 7 aliphatic heterocycles. The molecule has 11 heterocycles. The zero-order valence-electron chi connectivity index (χ0n) is 44.6. The second-order valence-corrected chi connectivity index (χ2v) is 23.7. The van der Waals surface area contributed by atoms with Crippen LogP contribution in [0.5, 0.6) is 11.8 Å². The number of aromatic nitrogens is 6. The van der Waals surface area contributed by atoms with Crippen LogP contribution in [0.4, 0.5) is 20.8 Å². The first-order valence-corrected chi connectivity index (χ1v) is 28.8. The van der Waals surface area contributed by atoms with Crippen molar-refractivity contribution < 1.29 is 38.1 Å². The number of halogens is 1.